The van der Waals surface area contributed by atoms with E-state index in [4.69, 9.17) is 0 Å². The number of carbonyl (C=O) groups excluding carboxylic acids is 1. The van der Waals surface area contributed by atoms with E-state index < -0.39 is 0 Å². The fourth-order valence-corrected chi connectivity index (χ4v) is 2.74. The monoisotopic (exact) mass is 260 g/mol. The van der Waals surface area contributed by atoms with Crippen LogP contribution in [0.2, 0.25) is 0 Å². The highest BCUT2D eigenvalue weighted by atomic mass is 16.1. The van der Waals surface area contributed by atoms with Crippen LogP contribution in [0.1, 0.15) is 35.2 Å². The predicted octanol–water partition coefficient (Wildman–Crippen LogP) is 2.73. The summed E-state index contributed by atoms with van der Waals surface area (Å²) in [5, 5.41) is 0. The molecule has 1 aromatic rings. The van der Waals surface area contributed by atoms with Gasteiger partial charge in [-0.25, -0.2) is 0 Å². The van der Waals surface area contributed by atoms with Crippen molar-refractivity contribution in [1.29, 1.82) is 0 Å². The molecule has 0 N–H and O–H groups in total. The molecule has 3 heteroatoms. The minimum atomic E-state index is 0.246. The third kappa shape index (κ3) is 3.57. The average Bonchev–Trinajstić information content (AvgIpc) is 2.39. The van der Waals surface area contributed by atoms with Crippen LogP contribution in [0, 0.1) is 6.92 Å². The molecular weight excluding hydrogens is 236 g/mol. The maximum absolute atomic E-state index is 12.3. The van der Waals surface area contributed by atoms with Crippen molar-refractivity contribution in [3.8, 4) is 0 Å². The summed E-state index contributed by atoms with van der Waals surface area (Å²) in [6.45, 7) is 4.77. The number of Topliss-reactive ketones (excluding diaryl/α,β-unsaturated/α-hetero) is 1. The lowest BCUT2D eigenvalue weighted by Gasteiger charge is -2.25. The molecule has 19 heavy (non-hydrogen) atoms. The van der Waals surface area contributed by atoms with Crippen molar-refractivity contribution in [2.24, 2.45) is 0 Å². The molecule has 3 nitrogen and oxygen atoms in total. The lowest BCUT2D eigenvalue weighted by Crippen LogP contribution is -2.34. The summed E-state index contributed by atoms with van der Waals surface area (Å²) >= 11 is 0. The Morgan fingerprint density at radius 1 is 1.21 bits per heavy atom. The molecule has 0 aromatic heterocycles. The molecule has 1 aliphatic rings. The Balaban J connectivity index is 2.04. The molecule has 1 heterocycles. The molecule has 1 aromatic carbocycles. The van der Waals surface area contributed by atoms with E-state index in [9.17, 15) is 4.79 Å². The number of aryl methyl sites for hydroxylation is 1. The van der Waals surface area contributed by atoms with Crippen LogP contribution < -0.4 is 4.90 Å². The summed E-state index contributed by atoms with van der Waals surface area (Å²) in [5.74, 6) is 0.246. The Bertz CT molecular complexity index is 448. The molecule has 0 bridgehead atoms. The van der Waals surface area contributed by atoms with Gasteiger partial charge in [-0.1, -0.05) is 6.42 Å². The first-order chi connectivity index (χ1) is 9.08. The standard InChI is InChI=1S/C16H24N2O/c1-13-11-14(7-8-15(13)17(2)3)16(19)12-18-9-5-4-6-10-18/h7-8,11H,4-6,9-10,12H2,1-3H3. The van der Waals surface area contributed by atoms with E-state index in [0.29, 0.717) is 6.54 Å². The minimum Gasteiger partial charge on any atom is -0.377 e. The van der Waals surface area contributed by atoms with E-state index >= 15 is 0 Å². The SMILES string of the molecule is Cc1cc(C(=O)CN2CCCCC2)ccc1N(C)C. The number of rotatable bonds is 4. The van der Waals surface area contributed by atoms with Crippen LogP contribution in [-0.2, 0) is 0 Å². The zero-order valence-corrected chi connectivity index (χ0v) is 12.3. The van der Waals surface area contributed by atoms with E-state index in [1.165, 1.54) is 24.9 Å². The van der Waals surface area contributed by atoms with Crippen molar-refractivity contribution in [3.05, 3.63) is 29.3 Å². The van der Waals surface area contributed by atoms with Crippen molar-refractivity contribution < 1.29 is 4.79 Å². The Morgan fingerprint density at radius 2 is 1.89 bits per heavy atom. The van der Waals surface area contributed by atoms with Crippen LogP contribution in [0.3, 0.4) is 0 Å². The molecule has 1 aliphatic heterocycles. The van der Waals surface area contributed by atoms with Crippen LogP contribution >= 0.6 is 0 Å². The molecule has 0 amide bonds. The fourth-order valence-electron chi connectivity index (χ4n) is 2.74. The van der Waals surface area contributed by atoms with Crippen LogP contribution in [0.25, 0.3) is 0 Å². The van der Waals surface area contributed by atoms with Crippen molar-refractivity contribution in [2.75, 3.05) is 38.6 Å². The number of hydrogen-bond donors (Lipinski definition) is 0. The summed E-state index contributed by atoms with van der Waals surface area (Å²) in [6.07, 6.45) is 3.76. The van der Waals surface area contributed by atoms with Gasteiger partial charge in [0.05, 0.1) is 6.54 Å². The largest absolute Gasteiger partial charge is 0.377 e. The zero-order valence-electron chi connectivity index (χ0n) is 12.3. The number of nitrogens with zero attached hydrogens (tertiary/aromatic N) is 2. The van der Waals surface area contributed by atoms with Gasteiger partial charge in [0.2, 0.25) is 0 Å². The Labute approximate surface area is 116 Å². The number of benzene rings is 1. The minimum absolute atomic E-state index is 0.246. The molecular formula is C16H24N2O. The van der Waals surface area contributed by atoms with Gasteiger partial charge in [-0.05, 0) is 56.6 Å². The third-order valence-corrected chi connectivity index (χ3v) is 3.82. The van der Waals surface area contributed by atoms with Gasteiger partial charge in [0.1, 0.15) is 0 Å². The Hall–Kier alpha value is -1.35. The van der Waals surface area contributed by atoms with E-state index in [-0.39, 0.29) is 5.78 Å². The second-order valence-corrected chi connectivity index (χ2v) is 5.66. The molecule has 2 rings (SSSR count). The maximum atomic E-state index is 12.3. The van der Waals surface area contributed by atoms with Crippen LogP contribution in [0.4, 0.5) is 5.69 Å². The zero-order chi connectivity index (χ0) is 13.8. The molecule has 0 radical (unpaired) electrons. The third-order valence-electron chi connectivity index (χ3n) is 3.82. The Kier molecular flexibility index (Phi) is 4.59. The lowest BCUT2D eigenvalue weighted by molar-refractivity contribution is 0.0915. The first-order valence-corrected chi connectivity index (χ1v) is 7.11. The second kappa shape index (κ2) is 6.20. The van der Waals surface area contributed by atoms with Crippen molar-refractivity contribution in [2.45, 2.75) is 26.2 Å². The highest BCUT2D eigenvalue weighted by molar-refractivity contribution is 5.98. The number of hydrogen-bond acceptors (Lipinski definition) is 3. The van der Waals surface area contributed by atoms with E-state index in [0.717, 1.165) is 24.2 Å². The van der Waals surface area contributed by atoms with Crippen molar-refractivity contribution >= 4 is 11.5 Å². The summed E-state index contributed by atoms with van der Waals surface area (Å²) < 4.78 is 0. The van der Waals surface area contributed by atoms with Crippen LogP contribution in [0.5, 0.6) is 0 Å². The molecule has 0 atom stereocenters. The number of ketones is 1. The van der Waals surface area contributed by atoms with E-state index in [1.807, 2.05) is 32.3 Å². The van der Waals surface area contributed by atoms with Crippen molar-refractivity contribution in [3.63, 3.8) is 0 Å². The number of piperidine rings is 1. The molecule has 0 unspecified atom stereocenters. The van der Waals surface area contributed by atoms with Gasteiger partial charge in [0.15, 0.2) is 5.78 Å². The lowest BCUT2D eigenvalue weighted by atomic mass is 10.0. The highest BCUT2D eigenvalue weighted by Crippen LogP contribution is 2.20. The average molecular weight is 260 g/mol. The van der Waals surface area contributed by atoms with Crippen LogP contribution in [-0.4, -0.2) is 44.4 Å². The number of carbonyl (C=O) groups is 1. The highest BCUT2D eigenvalue weighted by Gasteiger charge is 2.15. The van der Waals surface area contributed by atoms with Gasteiger partial charge in [-0.2, -0.15) is 0 Å². The number of anilines is 1. The Morgan fingerprint density at radius 3 is 2.47 bits per heavy atom. The maximum Gasteiger partial charge on any atom is 0.176 e. The molecule has 0 saturated carbocycles. The summed E-state index contributed by atoms with van der Waals surface area (Å²) in [5.41, 5.74) is 3.18. The second-order valence-electron chi connectivity index (χ2n) is 5.66. The van der Waals surface area contributed by atoms with Crippen molar-refractivity contribution in [1.82, 2.24) is 4.90 Å². The normalized spacial score (nSPS) is 16.4. The topological polar surface area (TPSA) is 23.6 Å². The summed E-state index contributed by atoms with van der Waals surface area (Å²) in [6, 6.07) is 6.01. The number of likely N-dealkylation sites (tertiary alicyclic amines) is 1. The molecule has 1 saturated heterocycles. The molecule has 104 valence electrons. The first-order valence-electron chi connectivity index (χ1n) is 7.11. The quantitative estimate of drug-likeness (QED) is 0.778. The first kappa shape index (κ1) is 14.1. The van der Waals surface area contributed by atoms with Gasteiger partial charge >= 0.3 is 0 Å². The smallest absolute Gasteiger partial charge is 0.176 e. The van der Waals surface area contributed by atoms with Gasteiger partial charge < -0.3 is 4.90 Å². The van der Waals surface area contributed by atoms with Gasteiger partial charge in [0, 0.05) is 25.3 Å². The van der Waals surface area contributed by atoms with Gasteiger partial charge in [-0.15, -0.1) is 0 Å². The van der Waals surface area contributed by atoms with Gasteiger partial charge in [-0.3, -0.25) is 9.69 Å². The van der Waals surface area contributed by atoms with Gasteiger partial charge in [0.25, 0.3) is 0 Å². The molecule has 0 spiro atoms. The fraction of sp³-hybridized carbons (Fsp3) is 0.562. The summed E-state index contributed by atoms with van der Waals surface area (Å²) in [4.78, 5) is 16.6. The van der Waals surface area contributed by atoms with Crippen LogP contribution in [0.15, 0.2) is 18.2 Å². The molecule has 1 fully saturated rings. The van der Waals surface area contributed by atoms with E-state index in [2.05, 4.69) is 16.7 Å². The molecule has 0 aliphatic carbocycles. The van der Waals surface area contributed by atoms with E-state index in [1.54, 1.807) is 0 Å². The summed E-state index contributed by atoms with van der Waals surface area (Å²) in [7, 11) is 4.05. The predicted molar refractivity (Wildman–Crippen MR) is 80.1 cm³/mol.